The maximum atomic E-state index is 10.7. The molecule has 0 amide bonds. The van der Waals surface area contributed by atoms with E-state index in [4.69, 9.17) is 14.0 Å². The van der Waals surface area contributed by atoms with Gasteiger partial charge in [0.2, 0.25) is 0 Å². The van der Waals surface area contributed by atoms with Crippen LogP contribution in [0.1, 0.15) is 65.4 Å². The molecule has 2 unspecified atom stereocenters. The molecule has 8 heteroatoms. The van der Waals surface area contributed by atoms with Crippen LogP contribution in [0.2, 0.25) is 0 Å². The lowest BCUT2D eigenvalue weighted by Crippen LogP contribution is -2.24. The standard InChI is InChI=1S/C28H26N4O4/c1-20(35-27-4-2-3-15-34-27)28-29-13-14-32(28)18-25-16-26(36-31-25)23-10-7-21(8-11-23)5-6-22-9-12-24(19-33)30-17-22/h7-14,16-17,19-20,27H,2-4,15,18H2,1H3. The first kappa shape index (κ1) is 23.7. The molecule has 4 aromatic rings. The first-order chi connectivity index (χ1) is 17.7. The summed E-state index contributed by atoms with van der Waals surface area (Å²) in [5, 5.41) is 4.25. The van der Waals surface area contributed by atoms with E-state index < -0.39 is 0 Å². The van der Waals surface area contributed by atoms with Crippen molar-refractivity contribution >= 4 is 6.29 Å². The highest BCUT2D eigenvalue weighted by molar-refractivity contribution is 5.71. The molecule has 4 heterocycles. The van der Waals surface area contributed by atoms with Crippen LogP contribution in [0, 0.1) is 11.8 Å². The van der Waals surface area contributed by atoms with Crippen LogP contribution in [0.15, 0.2) is 65.6 Å². The number of aromatic nitrogens is 4. The average Bonchev–Trinajstić information content (AvgIpc) is 3.59. The molecule has 5 rings (SSSR count). The summed E-state index contributed by atoms with van der Waals surface area (Å²) in [6, 6.07) is 13.1. The Labute approximate surface area is 209 Å². The number of hydrogen-bond acceptors (Lipinski definition) is 7. The molecular weight excluding hydrogens is 456 g/mol. The van der Waals surface area contributed by atoms with Crippen LogP contribution < -0.4 is 0 Å². The van der Waals surface area contributed by atoms with Crippen molar-refractivity contribution in [2.75, 3.05) is 6.61 Å². The second kappa shape index (κ2) is 11.1. The quantitative estimate of drug-likeness (QED) is 0.276. The Bertz CT molecular complexity index is 1360. The van der Waals surface area contributed by atoms with E-state index in [-0.39, 0.29) is 12.4 Å². The third-order valence-electron chi connectivity index (χ3n) is 5.92. The van der Waals surface area contributed by atoms with Gasteiger partial charge >= 0.3 is 0 Å². The van der Waals surface area contributed by atoms with Gasteiger partial charge in [-0.25, -0.2) is 4.98 Å². The summed E-state index contributed by atoms with van der Waals surface area (Å²) in [5.74, 6) is 7.66. The van der Waals surface area contributed by atoms with E-state index in [9.17, 15) is 4.79 Å². The number of imidazole rings is 1. The Hall–Kier alpha value is -4.06. The summed E-state index contributed by atoms with van der Waals surface area (Å²) in [6.07, 6.45) is 8.73. The van der Waals surface area contributed by atoms with Crippen LogP contribution in [-0.4, -0.2) is 38.9 Å². The first-order valence-corrected chi connectivity index (χ1v) is 12.0. The predicted octanol–water partition coefficient (Wildman–Crippen LogP) is 4.80. The van der Waals surface area contributed by atoms with Crippen LogP contribution >= 0.6 is 0 Å². The highest BCUT2D eigenvalue weighted by Gasteiger charge is 2.21. The maximum absolute atomic E-state index is 10.7. The number of nitrogens with zero attached hydrogens (tertiary/aromatic N) is 4. The third kappa shape index (κ3) is 5.77. The van der Waals surface area contributed by atoms with Crippen molar-refractivity contribution in [2.24, 2.45) is 0 Å². The lowest BCUT2D eigenvalue weighted by atomic mass is 10.1. The summed E-state index contributed by atoms with van der Waals surface area (Å²) in [7, 11) is 0. The number of pyridine rings is 1. The van der Waals surface area contributed by atoms with Gasteiger partial charge in [0.15, 0.2) is 18.3 Å². The summed E-state index contributed by atoms with van der Waals surface area (Å²) >= 11 is 0. The second-order valence-corrected chi connectivity index (χ2v) is 8.59. The number of carbonyl (C=O) groups excluding carboxylic acids is 1. The Balaban J connectivity index is 1.22. The fourth-order valence-electron chi connectivity index (χ4n) is 4.03. The van der Waals surface area contributed by atoms with Crippen molar-refractivity contribution in [3.63, 3.8) is 0 Å². The minimum atomic E-state index is -0.193. The fraction of sp³-hybridized carbons (Fsp3) is 0.286. The van der Waals surface area contributed by atoms with Crippen molar-refractivity contribution in [2.45, 2.75) is 45.1 Å². The lowest BCUT2D eigenvalue weighted by molar-refractivity contribution is -0.188. The van der Waals surface area contributed by atoms with Gasteiger partial charge in [0.05, 0.1) is 6.54 Å². The Morgan fingerprint density at radius 2 is 1.97 bits per heavy atom. The summed E-state index contributed by atoms with van der Waals surface area (Å²) < 4.78 is 19.4. The van der Waals surface area contributed by atoms with Crippen molar-refractivity contribution in [1.82, 2.24) is 19.7 Å². The molecule has 36 heavy (non-hydrogen) atoms. The largest absolute Gasteiger partial charge is 0.356 e. The van der Waals surface area contributed by atoms with Crippen LogP contribution in [-0.2, 0) is 16.0 Å². The van der Waals surface area contributed by atoms with Gasteiger partial charge in [0.25, 0.3) is 0 Å². The van der Waals surface area contributed by atoms with Gasteiger partial charge in [-0.3, -0.25) is 9.78 Å². The topological polar surface area (TPSA) is 92.3 Å². The number of benzene rings is 1. The van der Waals surface area contributed by atoms with E-state index in [1.165, 1.54) is 0 Å². The molecule has 1 aliphatic rings. The summed E-state index contributed by atoms with van der Waals surface area (Å²) in [6.45, 7) is 3.26. The SMILES string of the molecule is CC(OC1CCCCO1)c1nccn1Cc1cc(-c2ccc(C#Cc3ccc(C=O)nc3)cc2)on1. The number of ether oxygens (including phenoxy) is 2. The average molecular weight is 483 g/mol. The predicted molar refractivity (Wildman–Crippen MR) is 132 cm³/mol. The highest BCUT2D eigenvalue weighted by Crippen LogP contribution is 2.25. The van der Waals surface area contributed by atoms with Crippen LogP contribution in [0.25, 0.3) is 11.3 Å². The van der Waals surface area contributed by atoms with Crippen molar-refractivity contribution in [3.8, 4) is 23.2 Å². The first-order valence-electron chi connectivity index (χ1n) is 12.0. The van der Waals surface area contributed by atoms with Crippen molar-refractivity contribution in [3.05, 3.63) is 89.4 Å². The molecule has 0 aliphatic carbocycles. The van der Waals surface area contributed by atoms with E-state index in [1.807, 2.05) is 48.0 Å². The molecule has 1 aliphatic heterocycles. The van der Waals surface area contributed by atoms with E-state index in [0.29, 0.717) is 24.3 Å². The zero-order valence-corrected chi connectivity index (χ0v) is 20.0. The molecule has 2 atom stereocenters. The van der Waals surface area contributed by atoms with Crippen LogP contribution in [0.5, 0.6) is 0 Å². The third-order valence-corrected chi connectivity index (χ3v) is 5.92. The van der Waals surface area contributed by atoms with Gasteiger partial charge in [-0.15, -0.1) is 0 Å². The van der Waals surface area contributed by atoms with E-state index >= 15 is 0 Å². The molecule has 0 bridgehead atoms. The van der Waals surface area contributed by atoms with Crippen LogP contribution in [0.3, 0.4) is 0 Å². The molecule has 3 aromatic heterocycles. The molecule has 1 fully saturated rings. The van der Waals surface area contributed by atoms with E-state index in [2.05, 4.69) is 27.0 Å². The van der Waals surface area contributed by atoms with Gasteiger partial charge in [0.1, 0.15) is 23.3 Å². The minimum Gasteiger partial charge on any atom is -0.356 e. The smallest absolute Gasteiger partial charge is 0.168 e. The number of carbonyl (C=O) groups is 1. The normalized spacial score (nSPS) is 16.2. The molecule has 8 nitrogen and oxygen atoms in total. The number of hydrogen-bond donors (Lipinski definition) is 0. The van der Waals surface area contributed by atoms with Crippen molar-refractivity contribution < 1.29 is 18.8 Å². The van der Waals surface area contributed by atoms with E-state index in [1.54, 1.807) is 24.5 Å². The molecule has 0 spiro atoms. The van der Waals surface area contributed by atoms with Gasteiger partial charge in [-0.2, -0.15) is 0 Å². The summed E-state index contributed by atoms with van der Waals surface area (Å²) in [4.78, 5) is 19.2. The highest BCUT2D eigenvalue weighted by atomic mass is 16.7. The molecule has 182 valence electrons. The lowest BCUT2D eigenvalue weighted by Gasteiger charge is -2.26. The molecule has 0 radical (unpaired) electrons. The fourth-order valence-corrected chi connectivity index (χ4v) is 4.03. The van der Waals surface area contributed by atoms with E-state index in [0.717, 1.165) is 54.1 Å². The summed E-state index contributed by atoms with van der Waals surface area (Å²) in [5.41, 5.74) is 3.69. The molecular formula is C28H26N4O4. The monoisotopic (exact) mass is 482 g/mol. The minimum absolute atomic E-state index is 0.176. The Kier molecular flexibility index (Phi) is 7.31. The number of rotatable bonds is 7. The molecule has 1 aromatic carbocycles. The second-order valence-electron chi connectivity index (χ2n) is 8.59. The van der Waals surface area contributed by atoms with Gasteiger partial charge in [0, 0.05) is 48.0 Å². The molecule has 0 N–H and O–H groups in total. The maximum Gasteiger partial charge on any atom is 0.168 e. The van der Waals surface area contributed by atoms with Crippen molar-refractivity contribution in [1.29, 1.82) is 0 Å². The Morgan fingerprint density at radius 1 is 1.14 bits per heavy atom. The van der Waals surface area contributed by atoms with Gasteiger partial charge < -0.3 is 18.6 Å². The molecule has 1 saturated heterocycles. The van der Waals surface area contributed by atoms with Gasteiger partial charge in [-0.1, -0.05) is 17.0 Å². The number of aldehydes is 1. The molecule has 0 saturated carbocycles. The zero-order chi connectivity index (χ0) is 24.7. The zero-order valence-electron chi connectivity index (χ0n) is 20.0. The van der Waals surface area contributed by atoms with Crippen LogP contribution in [0.4, 0.5) is 0 Å². The van der Waals surface area contributed by atoms with Gasteiger partial charge in [-0.05, 0) is 62.6 Å². The Morgan fingerprint density at radius 3 is 2.72 bits per heavy atom.